The maximum absolute atomic E-state index is 10.4. The molecule has 0 aliphatic carbocycles. The molecule has 0 rings (SSSR count). The van der Waals surface area contributed by atoms with Gasteiger partial charge < -0.3 is 15.6 Å². The smallest absolute Gasteiger partial charge is 0.217 e. The molecule has 4 heteroatoms. The molecule has 0 bridgehead atoms. The van der Waals surface area contributed by atoms with Gasteiger partial charge in [0.2, 0.25) is 5.91 Å². The molecule has 1 amide bonds. The third-order valence-corrected chi connectivity index (χ3v) is 1.56. The summed E-state index contributed by atoms with van der Waals surface area (Å²) in [6, 6.07) is 0. The third kappa shape index (κ3) is 6.12. The van der Waals surface area contributed by atoms with Crippen molar-refractivity contribution in [3.8, 4) is 0 Å². The Morgan fingerprint density at radius 1 is 1.58 bits per heavy atom. The number of hydrogen-bond acceptors (Lipinski definition) is 3. The van der Waals surface area contributed by atoms with Crippen LogP contribution in [0.15, 0.2) is 0 Å². The highest BCUT2D eigenvalue weighted by atomic mass is 16.5. The van der Waals surface area contributed by atoms with E-state index in [1.165, 1.54) is 0 Å². The van der Waals surface area contributed by atoms with Gasteiger partial charge in [-0.05, 0) is 20.3 Å². The van der Waals surface area contributed by atoms with E-state index in [1.54, 1.807) is 0 Å². The number of amides is 1. The van der Waals surface area contributed by atoms with Gasteiger partial charge in [0, 0.05) is 6.42 Å². The lowest BCUT2D eigenvalue weighted by Crippen LogP contribution is -2.28. The second-order valence-electron chi connectivity index (χ2n) is 3.30. The summed E-state index contributed by atoms with van der Waals surface area (Å²) in [7, 11) is 0. The number of aliphatic hydroxyl groups is 1. The molecule has 0 aromatic heterocycles. The first-order valence-corrected chi connectivity index (χ1v) is 4.01. The summed E-state index contributed by atoms with van der Waals surface area (Å²) in [6.45, 7) is 4.03. The average Bonchev–Trinajstić information content (AvgIpc) is 1.98. The minimum Gasteiger partial charge on any atom is -0.394 e. The van der Waals surface area contributed by atoms with Crippen LogP contribution in [-0.4, -0.2) is 29.8 Å². The summed E-state index contributed by atoms with van der Waals surface area (Å²) in [5.74, 6) is -0.323. The lowest BCUT2D eigenvalue weighted by Gasteiger charge is -2.24. The normalized spacial score (nSPS) is 11.6. The topological polar surface area (TPSA) is 72.6 Å². The van der Waals surface area contributed by atoms with Crippen molar-refractivity contribution in [1.82, 2.24) is 0 Å². The van der Waals surface area contributed by atoms with Gasteiger partial charge in [-0.15, -0.1) is 0 Å². The zero-order valence-electron chi connectivity index (χ0n) is 7.67. The number of hydrogen-bond donors (Lipinski definition) is 2. The monoisotopic (exact) mass is 175 g/mol. The van der Waals surface area contributed by atoms with E-state index in [0.717, 1.165) is 0 Å². The molecule has 0 fully saturated rings. The Hall–Kier alpha value is -0.610. The van der Waals surface area contributed by atoms with Crippen molar-refractivity contribution < 1.29 is 14.6 Å². The Balaban J connectivity index is 3.63. The predicted octanol–water partition coefficient (Wildman–Crippen LogP) is 0.0394. The molecule has 3 N–H and O–H groups in total. The van der Waals surface area contributed by atoms with E-state index in [2.05, 4.69) is 0 Å². The third-order valence-electron chi connectivity index (χ3n) is 1.56. The van der Waals surface area contributed by atoms with Gasteiger partial charge in [-0.1, -0.05) is 0 Å². The van der Waals surface area contributed by atoms with Crippen LogP contribution in [0, 0.1) is 0 Å². The molecule has 4 nitrogen and oxygen atoms in total. The Labute approximate surface area is 72.7 Å². The molecule has 0 saturated carbocycles. The highest BCUT2D eigenvalue weighted by Crippen LogP contribution is 2.15. The highest BCUT2D eigenvalue weighted by Gasteiger charge is 2.18. The summed E-state index contributed by atoms with van der Waals surface area (Å²) in [5.41, 5.74) is 4.61. The maximum Gasteiger partial charge on any atom is 0.217 e. The van der Waals surface area contributed by atoms with Crippen LogP contribution in [0.4, 0.5) is 0 Å². The molecule has 12 heavy (non-hydrogen) atoms. The van der Waals surface area contributed by atoms with Crippen LogP contribution in [0.3, 0.4) is 0 Å². The van der Waals surface area contributed by atoms with Crippen molar-refractivity contribution in [1.29, 1.82) is 0 Å². The van der Waals surface area contributed by atoms with Crippen molar-refractivity contribution in [2.24, 2.45) is 5.73 Å². The number of aliphatic hydroxyl groups excluding tert-OH is 1. The molecule has 0 unspecified atom stereocenters. The number of ether oxygens (including phenoxy) is 1. The summed E-state index contributed by atoms with van der Waals surface area (Å²) < 4.78 is 5.27. The van der Waals surface area contributed by atoms with Gasteiger partial charge in [-0.3, -0.25) is 4.79 Å². The number of rotatable bonds is 6. The largest absolute Gasteiger partial charge is 0.394 e. The van der Waals surface area contributed by atoms with Crippen molar-refractivity contribution in [2.45, 2.75) is 32.3 Å². The molecule has 0 aliphatic rings. The minimum atomic E-state index is -0.377. The van der Waals surface area contributed by atoms with Crippen molar-refractivity contribution in [3.63, 3.8) is 0 Å². The molecule has 0 spiro atoms. The van der Waals surface area contributed by atoms with E-state index in [9.17, 15) is 4.79 Å². The van der Waals surface area contributed by atoms with Gasteiger partial charge in [0.25, 0.3) is 0 Å². The van der Waals surface area contributed by atoms with E-state index in [1.807, 2.05) is 13.8 Å². The van der Waals surface area contributed by atoms with E-state index in [4.69, 9.17) is 15.6 Å². The van der Waals surface area contributed by atoms with Gasteiger partial charge in [0.15, 0.2) is 0 Å². The predicted molar refractivity (Wildman–Crippen MR) is 45.5 cm³/mol. The van der Waals surface area contributed by atoms with E-state index in [0.29, 0.717) is 19.4 Å². The second-order valence-corrected chi connectivity index (χ2v) is 3.30. The Bertz CT molecular complexity index is 145. The molecule has 0 radical (unpaired) electrons. The van der Waals surface area contributed by atoms with Gasteiger partial charge >= 0.3 is 0 Å². The Morgan fingerprint density at radius 3 is 2.58 bits per heavy atom. The highest BCUT2D eigenvalue weighted by molar-refractivity contribution is 5.73. The van der Waals surface area contributed by atoms with E-state index < -0.39 is 0 Å². The fourth-order valence-electron chi connectivity index (χ4n) is 0.818. The number of nitrogens with two attached hydrogens (primary N) is 1. The maximum atomic E-state index is 10.4. The lowest BCUT2D eigenvalue weighted by molar-refractivity contribution is -0.120. The first-order chi connectivity index (χ1) is 5.48. The quantitative estimate of drug-likeness (QED) is 0.598. The van der Waals surface area contributed by atoms with Gasteiger partial charge in [-0.25, -0.2) is 0 Å². The van der Waals surface area contributed by atoms with Crippen molar-refractivity contribution >= 4 is 5.91 Å². The molecule has 0 aromatic carbocycles. The summed E-state index contributed by atoms with van der Waals surface area (Å²) in [5, 5.41) is 8.49. The SMILES string of the molecule is CC(C)(CCC(N)=O)OCCO. The molecule has 0 atom stereocenters. The molecular formula is C8H17NO3. The number of carbonyl (C=O) groups excluding carboxylic acids is 1. The van der Waals surface area contributed by atoms with Crippen LogP contribution in [-0.2, 0) is 9.53 Å². The lowest BCUT2D eigenvalue weighted by atomic mass is 10.0. The van der Waals surface area contributed by atoms with Crippen LogP contribution in [0.25, 0.3) is 0 Å². The van der Waals surface area contributed by atoms with Gasteiger partial charge in [0.1, 0.15) is 0 Å². The summed E-state index contributed by atoms with van der Waals surface area (Å²) in [6.07, 6.45) is 0.904. The Kier molecular flexibility index (Phi) is 4.85. The van der Waals surface area contributed by atoms with Crippen LogP contribution < -0.4 is 5.73 Å². The second kappa shape index (κ2) is 5.11. The Morgan fingerprint density at radius 2 is 2.17 bits per heavy atom. The zero-order valence-corrected chi connectivity index (χ0v) is 7.67. The fourth-order valence-corrected chi connectivity index (χ4v) is 0.818. The molecule has 0 aliphatic heterocycles. The van der Waals surface area contributed by atoms with Crippen LogP contribution in [0.2, 0.25) is 0 Å². The molecule has 0 aromatic rings. The van der Waals surface area contributed by atoms with Crippen molar-refractivity contribution in [2.75, 3.05) is 13.2 Å². The molecule has 72 valence electrons. The zero-order chi connectivity index (χ0) is 9.61. The van der Waals surface area contributed by atoms with E-state index in [-0.39, 0.29) is 18.1 Å². The standard InChI is InChI=1S/C8H17NO3/c1-8(2,12-6-5-10)4-3-7(9)11/h10H,3-6H2,1-2H3,(H2,9,11). The number of carbonyl (C=O) groups is 1. The molecule has 0 saturated heterocycles. The minimum absolute atomic E-state index is 0.00000142. The first-order valence-electron chi connectivity index (χ1n) is 4.01. The molecule has 0 heterocycles. The van der Waals surface area contributed by atoms with Crippen LogP contribution >= 0.6 is 0 Å². The average molecular weight is 175 g/mol. The molecular weight excluding hydrogens is 158 g/mol. The van der Waals surface area contributed by atoms with Crippen LogP contribution in [0.5, 0.6) is 0 Å². The van der Waals surface area contributed by atoms with Gasteiger partial charge in [-0.2, -0.15) is 0 Å². The first kappa shape index (κ1) is 11.4. The summed E-state index contributed by atoms with van der Waals surface area (Å²) in [4.78, 5) is 10.4. The fraction of sp³-hybridized carbons (Fsp3) is 0.875. The van der Waals surface area contributed by atoms with E-state index >= 15 is 0 Å². The van der Waals surface area contributed by atoms with Crippen LogP contribution in [0.1, 0.15) is 26.7 Å². The summed E-state index contributed by atoms with van der Waals surface area (Å²) >= 11 is 0. The number of primary amides is 1. The van der Waals surface area contributed by atoms with Gasteiger partial charge in [0.05, 0.1) is 18.8 Å². The van der Waals surface area contributed by atoms with Crippen molar-refractivity contribution in [3.05, 3.63) is 0 Å².